The summed E-state index contributed by atoms with van der Waals surface area (Å²) in [7, 11) is 1.57. The number of ether oxygens (including phenoxy) is 1. The second-order valence-corrected chi connectivity index (χ2v) is 7.67. The Morgan fingerprint density at radius 1 is 0.969 bits per heavy atom. The van der Waals surface area contributed by atoms with E-state index in [9.17, 15) is 9.59 Å². The molecular weight excluding hydrogens is 404 g/mol. The summed E-state index contributed by atoms with van der Waals surface area (Å²) in [6, 6.07) is 20.3. The molecule has 1 aromatic heterocycles. The number of benzene rings is 2. The molecule has 164 valence electrons. The van der Waals surface area contributed by atoms with Gasteiger partial charge in [0, 0.05) is 36.5 Å². The Bertz CT molecular complexity index is 1080. The van der Waals surface area contributed by atoms with E-state index in [1.165, 1.54) is 0 Å². The zero-order valence-electron chi connectivity index (χ0n) is 18.0. The van der Waals surface area contributed by atoms with Gasteiger partial charge in [-0.15, -0.1) is 0 Å². The van der Waals surface area contributed by atoms with Gasteiger partial charge in [-0.2, -0.15) is 0 Å². The third-order valence-corrected chi connectivity index (χ3v) is 5.59. The molecule has 7 heteroatoms. The lowest BCUT2D eigenvalue weighted by Crippen LogP contribution is -2.38. The van der Waals surface area contributed by atoms with Gasteiger partial charge in [-0.3, -0.25) is 9.59 Å². The number of nitrogens with zero attached hydrogens (tertiary/aromatic N) is 2. The van der Waals surface area contributed by atoms with Crippen molar-refractivity contribution in [3.05, 3.63) is 78.5 Å². The highest BCUT2D eigenvalue weighted by Crippen LogP contribution is 2.26. The molecule has 0 aliphatic carbocycles. The first-order valence-corrected chi connectivity index (χ1v) is 10.7. The summed E-state index contributed by atoms with van der Waals surface area (Å²) in [5.41, 5.74) is 1.95. The molecule has 0 atom stereocenters. The first-order valence-electron chi connectivity index (χ1n) is 10.7. The van der Waals surface area contributed by atoms with Gasteiger partial charge in [0.25, 0.3) is 5.91 Å². The van der Waals surface area contributed by atoms with E-state index in [0.717, 1.165) is 24.3 Å². The standard InChI is InChI=1S/C25H26N4O3/c1-32-22-10-6-5-9-21(22)28-25(31)19-11-14-26-23(17-19)29-15-12-18(13-16-29)24(30)27-20-7-3-2-4-8-20/h2-11,14,17-18H,12-13,15-16H2,1H3,(H,27,30)(H,28,31). The van der Waals surface area contributed by atoms with Gasteiger partial charge in [0.05, 0.1) is 12.8 Å². The van der Waals surface area contributed by atoms with Crippen LogP contribution in [0.3, 0.4) is 0 Å². The Balaban J connectivity index is 1.37. The van der Waals surface area contributed by atoms with Crippen LogP contribution >= 0.6 is 0 Å². The quantitative estimate of drug-likeness (QED) is 0.612. The molecule has 2 heterocycles. The molecule has 1 saturated heterocycles. The van der Waals surface area contributed by atoms with Gasteiger partial charge < -0.3 is 20.3 Å². The van der Waals surface area contributed by atoms with Crippen LogP contribution in [0.1, 0.15) is 23.2 Å². The van der Waals surface area contributed by atoms with Crippen molar-refractivity contribution in [2.75, 3.05) is 35.7 Å². The minimum atomic E-state index is -0.227. The predicted octanol–water partition coefficient (Wildman–Crippen LogP) is 4.20. The van der Waals surface area contributed by atoms with Crippen molar-refractivity contribution in [1.29, 1.82) is 0 Å². The zero-order valence-corrected chi connectivity index (χ0v) is 18.0. The number of piperidine rings is 1. The maximum atomic E-state index is 12.8. The molecule has 32 heavy (non-hydrogen) atoms. The Morgan fingerprint density at radius 2 is 1.69 bits per heavy atom. The molecule has 7 nitrogen and oxygen atoms in total. The number of pyridine rings is 1. The number of para-hydroxylation sites is 3. The topological polar surface area (TPSA) is 83.6 Å². The van der Waals surface area contributed by atoms with E-state index in [0.29, 0.717) is 30.1 Å². The Morgan fingerprint density at radius 3 is 2.44 bits per heavy atom. The van der Waals surface area contributed by atoms with Crippen molar-refractivity contribution < 1.29 is 14.3 Å². The second-order valence-electron chi connectivity index (χ2n) is 7.67. The summed E-state index contributed by atoms with van der Waals surface area (Å²) in [6.07, 6.45) is 3.11. The highest BCUT2D eigenvalue weighted by atomic mass is 16.5. The van der Waals surface area contributed by atoms with Crippen LogP contribution in [-0.4, -0.2) is 37.0 Å². The van der Waals surface area contributed by atoms with E-state index in [1.54, 1.807) is 37.6 Å². The van der Waals surface area contributed by atoms with Crippen LogP contribution in [0.2, 0.25) is 0 Å². The van der Waals surface area contributed by atoms with Gasteiger partial charge in [0.15, 0.2) is 0 Å². The summed E-state index contributed by atoms with van der Waals surface area (Å²) in [4.78, 5) is 31.9. The monoisotopic (exact) mass is 430 g/mol. The number of methoxy groups -OCH3 is 1. The fourth-order valence-corrected chi connectivity index (χ4v) is 3.81. The van der Waals surface area contributed by atoms with Crippen molar-refractivity contribution in [1.82, 2.24) is 4.98 Å². The molecule has 3 aromatic rings. The second kappa shape index (κ2) is 9.96. The van der Waals surface area contributed by atoms with Gasteiger partial charge in [0.1, 0.15) is 11.6 Å². The van der Waals surface area contributed by atoms with E-state index in [2.05, 4.69) is 20.5 Å². The first kappa shape index (κ1) is 21.4. The van der Waals surface area contributed by atoms with Crippen molar-refractivity contribution in [3.63, 3.8) is 0 Å². The van der Waals surface area contributed by atoms with Crippen molar-refractivity contribution in [2.45, 2.75) is 12.8 Å². The van der Waals surface area contributed by atoms with Crippen LogP contribution in [0.5, 0.6) is 5.75 Å². The molecule has 0 saturated carbocycles. The highest BCUT2D eigenvalue weighted by Gasteiger charge is 2.26. The minimum absolute atomic E-state index is 0.0384. The first-order chi connectivity index (χ1) is 15.6. The van der Waals surface area contributed by atoms with Crippen LogP contribution in [-0.2, 0) is 4.79 Å². The molecule has 2 aromatic carbocycles. The molecule has 0 unspecified atom stereocenters. The Hall–Kier alpha value is -3.87. The smallest absolute Gasteiger partial charge is 0.255 e. The van der Waals surface area contributed by atoms with E-state index >= 15 is 0 Å². The molecular formula is C25H26N4O3. The molecule has 0 radical (unpaired) electrons. The highest BCUT2D eigenvalue weighted by molar-refractivity contribution is 6.05. The SMILES string of the molecule is COc1ccccc1NC(=O)c1ccnc(N2CCC(C(=O)Nc3ccccc3)CC2)c1. The molecule has 0 spiro atoms. The number of anilines is 3. The van der Waals surface area contributed by atoms with Gasteiger partial charge in [-0.25, -0.2) is 4.98 Å². The number of carbonyl (C=O) groups is 2. The molecule has 2 amide bonds. The lowest BCUT2D eigenvalue weighted by molar-refractivity contribution is -0.120. The van der Waals surface area contributed by atoms with Crippen LogP contribution in [0.15, 0.2) is 72.9 Å². The molecule has 1 aliphatic heterocycles. The third-order valence-electron chi connectivity index (χ3n) is 5.59. The number of amides is 2. The van der Waals surface area contributed by atoms with Crippen LogP contribution < -0.4 is 20.3 Å². The van der Waals surface area contributed by atoms with E-state index in [-0.39, 0.29) is 17.7 Å². The predicted molar refractivity (Wildman–Crippen MR) is 125 cm³/mol. The van der Waals surface area contributed by atoms with Crippen LogP contribution in [0, 0.1) is 5.92 Å². The summed E-state index contributed by atoms with van der Waals surface area (Å²) in [5.74, 6) is 1.12. The molecule has 1 fully saturated rings. The summed E-state index contributed by atoms with van der Waals surface area (Å²) >= 11 is 0. The van der Waals surface area contributed by atoms with Crippen molar-refractivity contribution >= 4 is 29.0 Å². The van der Waals surface area contributed by atoms with Gasteiger partial charge in [-0.05, 0) is 49.2 Å². The fraction of sp³-hybridized carbons (Fsp3) is 0.240. The minimum Gasteiger partial charge on any atom is -0.495 e. The number of nitrogens with one attached hydrogen (secondary N) is 2. The van der Waals surface area contributed by atoms with Crippen LogP contribution in [0.4, 0.5) is 17.2 Å². The number of carbonyl (C=O) groups excluding carboxylic acids is 2. The average Bonchev–Trinajstić information content (AvgIpc) is 2.85. The summed E-state index contributed by atoms with van der Waals surface area (Å²) in [6.45, 7) is 1.41. The molecule has 1 aliphatic rings. The lowest BCUT2D eigenvalue weighted by atomic mass is 9.95. The Kier molecular flexibility index (Phi) is 6.65. The van der Waals surface area contributed by atoms with E-state index in [4.69, 9.17) is 4.74 Å². The molecule has 0 bridgehead atoms. The van der Waals surface area contributed by atoms with Crippen molar-refractivity contribution in [2.24, 2.45) is 5.92 Å². The van der Waals surface area contributed by atoms with Gasteiger partial charge >= 0.3 is 0 Å². The van der Waals surface area contributed by atoms with Gasteiger partial charge in [-0.1, -0.05) is 30.3 Å². The maximum Gasteiger partial charge on any atom is 0.255 e. The molecule has 2 N–H and O–H groups in total. The number of hydrogen-bond donors (Lipinski definition) is 2. The summed E-state index contributed by atoms with van der Waals surface area (Å²) < 4.78 is 5.30. The number of aromatic nitrogens is 1. The van der Waals surface area contributed by atoms with Crippen LogP contribution in [0.25, 0.3) is 0 Å². The Labute approximate surface area is 187 Å². The average molecular weight is 431 g/mol. The normalized spacial score (nSPS) is 14.0. The third kappa shape index (κ3) is 5.06. The summed E-state index contributed by atoms with van der Waals surface area (Å²) in [5, 5.41) is 5.88. The zero-order chi connectivity index (χ0) is 22.3. The number of hydrogen-bond acceptors (Lipinski definition) is 5. The van der Waals surface area contributed by atoms with E-state index in [1.807, 2.05) is 42.5 Å². The van der Waals surface area contributed by atoms with E-state index < -0.39 is 0 Å². The maximum absolute atomic E-state index is 12.8. The largest absolute Gasteiger partial charge is 0.495 e. The van der Waals surface area contributed by atoms with Gasteiger partial charge in [0.2, 0.25) is 5.91 Å². The molecule has 4 rings (SSSR count). The lowest BCUT2D eigenvalue weighted by Gasteiger charge is -2.32. The fourth-order valence-electron chi connectivity index (χ4n) is 3.81. The van der Waals surface area contributed by atoms with Crippen molar-refractivity contribution in [3.8, 4) is 5.75 Å². The number of rotatable bonds is 6.